The van der Waals surface area contributed by atoms with Gasteiger partial charge in [0.2, 0.25) is 10.0 Å². The van der Waals surface area contributed by atoms with Crippen molar-refractivity contribution in [2.75, 3.05) is 24.2 Å². The van der Waals surface area contributed by atoms with E-state index in [1.807, 2.05) is 68.4 Å². The first kappa shape index (κ1) is 28.2. The number of urea groups is 1. The number of carbonyl (C=O) groups is 1. The van der Waals surface area contributed by atoms with Crippen molar-refractivity contribution >= 4 is 21.7 Å². The number of hydrogen-bond acceptors (Lipinski definition) is 5. The Morgan fingerprint density at radius 3 is 2.48 bits per heavy atom. The molecule has 2 aliphatic rings. The second kappa shape index (κ2) is 11.6. The number of anilines is 1. The molecule has 2 aromatic carbocycles. The minimum Gasteiger partial charge on any atom is -0.370 e. The summed E-state index contributed by atoms with van der Waals surface area (Å²) in [5, 5.41) is 2.90. The molecule has 0 saturated carbocycles. The molecule has 0 bridgehead atoms. The number of nitrogens with one attached hydrogen (secondary N) is 1. The molecule has 212 valence electrons. The molecule has 0 radical (unpaired) electrons. The monoisotopic (exact) mass is 566 g/mol. The standard InChI is InChI=1S/C30H35FN4O4S/c1-30(2,39-20-22-6-4-3-5-7-22)21-40(37,38)35-14-12-24(13-15-35)23-8-10-27(11-9-23)33-29(36)34-18-25-16-26(31)17-32-28(25)19-34/h3-11,16-17,24H,12-15,18-21H2,1-2H3,(H,33,36). The van der Waals surface area contributed by atoms with Gasteiger partial charge in [0, 0.05) is 25.3 Å². The summed E-state index contributed by atoms with van der Waals surface area (Å²) in [7, 11) is -3.47. The molecule has 0 atom stereocenters. The van der Waals surface area contributed by atoms with Gasteiger partial charge in [-0.15, -0.1) is 0 Å². The molecule has 2 amide bonds. The molecule has 2 aliphatic heterocycles. The molecule has 10 heteroatoms. The molecule has 8 nitrogen and oxygen atoms in total. The van der Waals surface area contributed by atoms with E-state index in [-0.39, 0.29) is 17.7 Å². The van der Waals surface area contributed by atoms with Gasteiger partial charge < -0.3 is 15.0 Å². The Bertz CT molecular complexity index is 1440. The Kier molecular flexibility index (Phi) is 8.21. The fourth-order valence-corrected chi connectivity index (χ4v) is 7.22. The van der Waals surface area contributed by atoms with Crippen LogP contribution in [0.1, 0.15) is 55.0 Å². The first-order valence-electron chi connectivity index (χ1n) is 13.5. The van der Waals surface area contributed by atoms with Crippen LogP contribution in [0.4, 0.5) is 14.9 Å². The third kappa shape index (κ3) is 6.86. The number of nitrogens with zero attached hydrogens (tertiary/aromatic N) is 3. The van der Waals surface area contributed by atoms with Crippen LogP contribution in [0.15, 0.2) is 66.9 Å². The number of benzene rings is 2. The lowest BCUT2D eigenvalue weighted by Gasteiger charge is -2.34. The van der Waals surface area contributed by atoms with Gasteiger partial charge in [0.25, 0.3) is 0 Å². The van der Waals surface area contributed by atoms with E-state index >= 15 is 0 Å². The molecule has 1 fully saturated rings. The van der Waals surface area contributed by atoms with Crippen molar-refractivity contribution in [3.8, 4) is 0 Å². The van der Waals surface area contributed by atoms with Crippen LogP contribution in [0.5, 0.6) is 0 Å². The first-order chi connectivity index (χ1) is 19.1. The van der Waals surface area contributed by atoms with Gasteiger partial charge in [0.05, 0.1) is 36.4 Å². The van der Waals surface area contributed by atoms with Crippen LogP contribution in [0, 0.1) is 5.82 Å². The summed E-state index contributed by atoms with van der Waals surface area (Å²) < 4.78 is 47.3. The van der Waals surface area contributed by atoms with Crippen molar-refractivity contribution in [3.63, 3.8) is 0 Å². The lowest BCUT2D eigenvalue weighted by Crippen LogP contribution is -2.45. The SMILES string of the molecule is CC(C)(CS(=O)(=O)N1CCC(c2ccc(NC(=O)N3Cc4cc(F)cnc4C3)cc2)CC1)OCc1ccccc1. The summed E-state index contributed by atoms with van der Waals surface area (Å²) in [5.74, 6) is -0.233. The summed E-state index contributed by atoms with van der Waals surface area (Å²) >= 11 is 0. The van der Waals surface area contributed by atoms with Crippen LogP contribution in [0.2, 0.25) is 0 Å². The Morgan fingerprint density at radius 1 is 1.07 bits per heavy atom. The zero-order valence-corrected chi connectivity index (χ0v) is 23.7. The van der Waals surface area contributed by atoms with E-state index in [4.69, 9.17) is 4.74 Å². The topological polar surface area (TPSA) is 91.8 Å². The van der Waals surface area contributed by atoms with Crippen molar-refractivity contribution in [1.82, 2.24) is 14.2 Å². The average Bonchev–Trinajstić information content (AvgIpc) is 3.36. The fourth-order valence-electron chi connectivity index (χ4n) is 5.31. The molecule has 3 heterocycles. The maximum Gasteiger partial charge on any atom is 0.322 e. The number of fused-ring (bicyclic) bond motifs is 1. The largest absolute Gasteiger partial charge is 0.370 e. The molecule has 1 aromatic heterocycles. The summed E-state index contributed by atoms with van der Waals surface area (Å²) in [6.45, 7) is 5.60. The third-order valence-corrected chi connectivity index (χ3v) is 9.71. The van der Waals surface area contributed by atoms with Crippen LogP contribution < -0.4 is 5.32 Å². The maximum absolute atomic E-state index is 13.4. The molecule has 1 saturated heterocycles. The third-order valence-electron chi connectivity index (χ3n) is 7.50. The number of halogens is 1. The number of ether oxygens (including phenoxy) is 1. The van der Waals surface area contributed by atoms with E-state index in [0.717, 1.165) is 29.5 Å². The Labute approximate surface area is 235 Å². The molecule has 0 unspecified atom stereocenters. The molecule has 1 N–H and O–H groups in total. The predicted octanol–water partition coefficient (Wildman–Crippen LogP) is 5.27. The minimum absolute atomic E-state index is 0.0704. The zero-order valence-electron chi connectivity index (χ0n) is 22.8. The number of piperidine rings is 1. The van der Waals surface area contributed by atoms with Gasteiger partial charge >= 0.3 is 6.03 Å². The van der Waals surface area contributed by atoms with E-state index < -0.39 is 21.4 Å². The van der Waals surface area contributed by atoms with Crippen molar-refractivity contribution < 1.29 is 22.3 Å². The quantitative estimate of drug-likeness (QED) is 0.401. The number of aromatic nitrogens is 1. The van der Waals surface area contributed by atoms with E-state index in [1.54, 1.807) is 9.21 Å². The molecular formula is C30H35FN4O4S. The second-order valence-electron chi connectivity index (χ2n) is 11.1. The van der Waals surface area contributed by atoms with E-state index in [1.165, 1.54) is 12.3 Å². The number of rotatable bonds is 8. The highest BCUT2D eigenvalue weighted by atomic mass is 32.2. The van der Waals surface area contributed by atoms with Crippen LogP contribution in [-0.2, 0) is 34.5 Å². The van der Waals surface area contributed by atoms with Gasteiger partial charge in [0.15, 0.2) is 0 Å². The number of hydrogen-bond donors (Lipinski definition) is 1. The number of amides is 2. The highest BCUT2D eigenvalue weighted by Gasteiger charge is 2.34. The fraction of sp³-hybridized carbons (Fsp3) is 0.400. The number of pyridine rings is 1. The van der Waals surface area contributed by atoms with Gasteiger partial charge in [-0.25, -0.2) is 21.9 Å². The van der Waals surface area contributed by atoms with Crippen LogP contribution in [0.3, 0.4) is 0 Å². The Balaban J connectivity index is 1.10. The lowest BCUT2D eigenvalue weighted by molar-refractivity contribution is -0.0131. The zero-order chi connectivity index (χ0) is 28.3. The summed E-state index contributed by atoms with van der Waals surface area (Å²) in [6.07, 6.45) is 2.62. The van der Waals surface area contributed by atoms with E-state index in [9.17, 15) is 17.6 Å². The van der Waals surface area contributed by atoms with Gasteiger partial charge in [-0.2, -0.15) is 0 Å². The number of carbonyl (C=O) groups excluding carboxylic acids is 1. The second-order valence-corrected chi connectivity index (χ2v) is 13.1. The molecule has 3 aromatic rings. The van der Waals surface area contributed by atoms with Crippen LogP contribution in [0.25, 0.3) is 0 Å². The minimum atomic E-state index is -3.47. The lowest BCUT2D eigenvalue weighted by atomic mass is 9.90. The molecule has 0 spiro atoms. The molecule has 5 rings (SSSR count). The van der Waals surface area contributed by atoms with Crippen molar-refractivity contribution in [3.05, 3.63) is 95.1 Å². The summed E-state index contributed by atoms with van der Waals surface area (Å²) in [6, 6.07) is 18.6. The van der Waals surface area contributed by atoms with Gasteiger partial charge in [-0.05, 0) is 67.5 Å². The van der Waals surface area contributed by atoms with Crippen LogP contribution >= 0.6 is 0 Å². The Morgan fingerprint density at radius 2 is 1.77 bits per heavy atom. The van der Waals surface area contributed by atoms with Crippen molar-refractivity contribution in [1.29, 1.82) is 0 Å². The smallest absolute Gasteiger partial charge is 0.322 e. The highest BCUT2D eigenvalue weighted by molar-refractivity contribution is 7.89. The van der Waals surface area contributed by atoms with Crippen molar-refractivity contribution in [2.45, 2.75) is 57.9 Å². The maximum atomic E-state index is 13.4. The average molecular weight is 567 g/mol. The van der Waals surface area contributed by atoms with Gasteiger partial charge in [-0.3, -0.25) is 4.98 Å². The summed E-state index contributed by atoms with van der Waals surface area (Å²) in [4.78, 5) is 18.4. The molecule has 40 heavy (non-hydrogen) atoms. The number of sulfonamides is 1. The van der Waals surface area contributed by atoms with Crippen LogP contribution in [-0.4, -0.2) is 53.1 Å². The molecular weight excluding hydrogens is 531 g/mol. The predicted molar refractivity (Wildman–Crippen MR) is 152 cm³/mol. The van der Waals surface area contributed by atoms with Crippen molar-refractivity contribution in [2.24, 2.45) is 0 Å². The highest BCUT2D eigenvalue weighted by Crippen LogP contribution is 2.31. The van der Waals surface area contributed by atoms with E-state index in [2.05, 4.69) is 10.3 Å². The Hall–Kier alpha value is -3.34. The van der Waals surface area contributed by atoms with Gasteiger partial charge in [-0.1, -0.05) is 42.5 Å². The normalized spacial score (nSPS) is 16.6. The molecule has 0 aliphatic carbocycles. The first-order valence-corrected chi connectivity index (χ1v) is 15.1. The summed E-state index contributed by atoms with van der Waals surface area (Å²) in [5.41, 5.74) is 3.42. The van der Waals surface area contributed by atoms with E-state index in [0.29, 0.717) is 44.2 Å². The van der Waals surface area contributed by atoms with Gasteiger partial charge in [0.1, 0.15) is 5.82 Å².